The van der Waals surface area contributed by atoms with Crippen LogP contribution in [0.4, 0.5) is 0 Å². The molecule has 0 amide bonds. The third-order valence-electron chi connectivity index (χ3n) is 18.5. The molecule has 1 aromatic heterocycles. The Kier molecular flexibility index (Phi) is 10.5. The number of carbonyl (C=O) groups is 2. The zero-order chi connectivity index (χ0) is 41.8. The van der Waals surface area contributed by atoms with E-state index in [0.717, 1.165) is 37.7 Å². The molecule has 9 rings (SSSR count). The second kappa shape index (κ2) is 14.9. The van der Waals surface area contributed by atoms with E-state index in [0.29, 0.717) is 36.7 Å². The van der Waals surface area contributed by atoms with Gasteiger partial charge in [0.1, 0.15) is 0 Å². The van der Waals surface area contributed by atoms with E-state index in [1.54, 1.807) is 13.0 Å². The molecule has 59 heavy (non-hydrogen) atoms. The summed E-state index contributed by atoms with van der Waals surface area (Å²) in [6, 6.07) is 1.94. The van der Waals surface area contributed by atoms with Crippen molar-refractivity contribution >= 4 is 11.8 Å². The monoisotopic (exact) mass is 813 g/mol. The molecule has 19 atom stereocenters. The average molecular weight is 814 g/mol. The number of allylic oxidation sites excluding steroid dienone is 3. The molecule has 10 heteroatoms. The first-order valence-corrected chi connectivity index (χ1v) is 22.8. The Bertz CT molecular complexity index is 1930. The quantitative estimate of drug-likeness (QED) is 0.122. The van der Waals surface area contributed by atoms with Gasteiger partial charge >= 0.3 is 5.97 Å². The van der Waals surface area contributed by atoms with Crippen molar-refractivity contribution in [2.24, 2.45) is 75.9 Å². The summed E-state index contributed by atoms with van der Waals surface area (Å²) in [6.07, 6.45) is 11.7. The van der Waals surface area contributed by atoms with E-state index < -0.39 is 58.1 Å². The van der Waals surface area contributed by atoms with E-state index in [1.807, 2.05) is 32.3 Å². The van der Waals surface area contributed by atoms with Gasteiger partial charge in [-0.2, -0.15) is 0 Å². The molecular formula is C49H67NO9. The van der Waals surface area contributed by atoms with Crippen LogP contribution in [0.15, 0.2) is 41.8 Å². The second-order valence-corrected chi connectivity index (χ2v) is 21.5. The van der Waals surface area contributed by atoms with Crippen LogP contribution < -0.4 is 0 Å². The summed E-state index contributed by atoms with van der Waals surface area (Å²) in [5, 5.41) is 71.5. The van der Waals surface area contributed by atoms with Gasteiger partial charge in [-0.05, 0) is 148 Å². The molecule has 322 valence electrons. The number of aromatic nitrogens is 1. The predicted molar refractivity (Wildman–Crippen MR) is 220 cm³/mol. The minimum atomic E-state index is -1.67. The SMILES string of the molecule is C[C@H]1CCC2=CC[C@H]3[C@H](CO)C[C@@H](O)[C@](C)(O)[C@H]4[C@@H](CC#C[C@H]([C@@H]5COC(=O)[C@H]5c5cc[nH]c5)C[C@H]3[C@@H]2C1)C[C@@]1(O)C2=CC(=O)[C@@H]3C[C@@H](O)[C@@H](O)C[C@]3(C)[C@H]2CC[C@]41C. The first kappa shape index (κ1) is 41.6. The minimum Gasteiger partial charge on any atom is -0.465 e. The highest BCUT2D eigenvalue weighted by Crippen LogP contribution is 2.70. The van der Waals surface area contributed by atoms with Gasteiger partial charge in [-0.1, -0.05) is 38.3 Å². The molecular weight excluding hydrogens is 747 g/mol. The molecule has 5 fully saturated rings. The van der Waals surface area contributed by atoms with Crippen LogP contribution in [0.25, 0.3) is 0 Å². The number of cyclic esters (lactones) is 1. The molecule has 10 nitrogen and oxygen atoms in total. The van der Waals surface area contributed by atoms with Crippen molar-refractivity contribution in [2.45, 2.75) is 140 Å². The van der Waals surface area contributed by atoms with Crippen molar-refractivity contribution < 1.29 is 45.0 Å². The van der Waals surface area contributed by atoms with E-state index in [2.05, 4.69) is 29.8 Å². The Morgan fingerprint density at radius 3 is 2.49 bits per heavy atom. The Morgan fingerprint density at radius 1 is 0.949 bits per heavy atom. The molecule has 1 aromatic rings. The Hall–Kier alpha value is -2.78. The lowest BCUT2D eigenvalue weighted by molar-refractivity contribution is -0.183. The highest BCUT2D eigenvalue weighted by atomic mass is 16.5. The van der Waals surface area contributed by atoms with Crippen molar-refractivity contribution in [2.75, 3.05) is 13.2 Å². The molecule has 0 unspecified atom stereocenters. The maximum Gasteiger partial charge on any atom is 0.313 e. The largest absolute Gasteiger partial charge is 0.465 e. The lowest BCUT2D eigenvalue weighted by Gasteiger charge is -2.60. The van der Waals surface area contributed by atoms with Crippen LogP contribution in [-0.2, 0) is 14.3 Å². The van der Waals surface area contributed by atoms with Gasteiger partial charge < -0.3 is 40.4 Å². The summed E-state index contributed by atoms with van der Waals surface area (Å²) in [6.45, 7) is 8.21. The van der Waals surface area contributed by atoms with Crippen LogP contribution in [0.1, 0.15) is 116 Å². The fraction of sp³-hybridized carbons (Fsp3) is 0.755. The summed E-state index contributed by atoms with van der Waals surface area (Å²) in [5.41, 5.74) is -1.73. The Balaban J connectivity index is 1.14. The molecule has 8 aliphatic rings. The lowest BCUT2D eigenvalue weighted by atomic mass is 9.45. The molecule has 7 aliphatic carbocycles. The molecule has 2 heterocycles. The lowest BCUT2D eigenvalue weighted by Crippen LogP contribution is -2.63. The summed E-state index contributed by atoms with van der Waals surface area (Å²) >= 11 is 0. The third-order valence-corrected chi connectivity index (χ3v) is 18.5. The molecule has 1 saturated heterocycles. The number of esters is 1. The van der Waals surface area contributed by atoms with Crippen molar-refractivity contribution in [1.29, 1.82) is 0 Å². The maximum atomic E-state index is 14.0. The maximum absolute atomic E-state index is 14.0. The highest BCUT2D eigenvalue weighted by molar-refractivity contribution is 5.95. The van der Waals surface area contributed by atoms with Gasteiger partial charge in [-0.25, -0.2) is 0 Å². The number of aliphatic hydroxyl groups is 6. The molecule has 0 aromatic carbocycles. The van der Waals surface area contributed by atoms with Crippen molar-refractivity contribution in [1.82, 2.24) is 4.98 Å². The third kappa shape index (κ3) is 6.41. The van der Waals surface area contributed by atoms with Gasteiger partial charge in [-0.3, -0.25) is 9.59 Å². The van der Waals surface area contributed by atoms with Gasteiger partial charge in [-0.15, -0.1) is 5.92 Å². The fourth-order valence-corrected chi connectivity index (χ4v) is 15.4. The van der Waals surface area contributed by atoms with Gasteiger partial charge in [0, 0.05) is 54.5 Å². The number of hydrogen-bond donors (Lipinski definition) is 7. The van der Waals surface area contributed by atoms with Gasteiger partial charge in [0.15, 0.2) is 5.78 Å². The second-order valence-electron chi connectivity index (χ2n) is 21.5. The fourth-order valence-electron chi connectivity index (χ4n) is 15.4. The first-order chi connectivity index (χ1) is 28.0. The molecule has 7 N–H and O–H groups in total. The number of aromatic amines is 1. The Morgan fingerprint density at radius 2 is 1.75 bits per heavy atom. The van der Waals surface area contributed by atoms with Gasteiger partial charge in [0.25, 0.3) is 0 Å². The normalized spacial score (nSPS) is 50.9. The smallest absolute Gasteiger partial charge is 0.313 e. The van der Waals surface area contributed by atoms with Crippen LogP contribution in [0, 0.1) is 87.8 Å². The van der Waals surface area contributed by atoms with E-state index in [9.17, 15) is 40.2 Å². The minimum absolute atomic E-state index is 0.0251. The van der Waals surface area contributed by atoms with Crippen molar-refractivity contribution in [3.8, 4) is 11.8 Å². The van der Waals surface area contributed by atoms with Gasteiger partial charge in [0.2, 0.25) is 0 Å². The summed E-state index contributed by atoms with van der Waals surface area (Å²) in [7, 11) is 0. The number of ether oxygens (including phenoxy) is 1. The van der Waals surface area contributed by atoms with Crippen LogP contribution >= 0.6 is 0 Å². The number of aliphatic hydroxyl groups excluding tert-OH is 4. The molecule has 4 saturated carbocycles. The highest BCUT2D eigenvalue weighted by Gasteiger charge is 2.71. The standard InChI is InChI=1S/C49H67NO9/c1-26-8-9-27-10-11-32-31(24-51)18-42(55)48(4,57)44-29(7-5-6-28(17-34(32)33(27)16-26)35-25-59-45(56)43(35)30-13-15-50-23-30)21-49(58)37-19-39(52)38-20-40(53)41(54)22-46(38,2)36(37)12-14-47(44,49)3/h10,13,15,19,23,26,28-29,31-36,38,40-44,50-51,53-55,57-58H,7-9,11-12,14,16-18,20-22,24-25H2,1-4H3/t26-,28-,29-,31-,32-,33+,34+,35-,36-,38-,40+,41-,42+,43-,44-,46+,47+,48-,49+/m0/s1. The molecule has 0 bridgehead atoms. The van der Waals surface area contributed by atoms with E-state index >= 15 is 0 Å². The van der Waals surface area contributed by atoms with E-state index in [-0.39, 0.29) is 92.1 Å². The van der Waals surface area contributed by atoms with Gasteiger partial charge in [0.05, 0.1) is 42.0 Å². The molecule has 0 radical (unpaired) electrons. The summed E-state index contributed by atoms with van der Waals surface area (Å²) in [5.74, 6) is 5.23. The van der Waals surface area contributed by atoms with Crippen molar-refractivity contribution in [3.63, 3.8) is 0 Å². The topological polar surface area (TPSA) is 181 Å². The summed E-state index contributed by atoms with van der Waals surface area (Å²) < 4.78 is 5.83. The number of nitrogens with one attached hydrogen (secondary N) is 1. The Labute approximate surface area is 349 Å². The van der Waals surface area contributed by atoms with Crippen LogP contribution in [-0.4, -0.2) is 90.1 Å². The predicted octanol–water partition coefficient (Wildman–Crippen LogP) is 5.22. The molecule has 1 aliphatic heterocycles. The van der Waals surface area contributed by atoms with Crippen LogP contribution in [0.3, 0.4) is 0 Å². The number of fused-ring (bicyclic) bond motifs is 10. The zero-order valence-corrected chi connectivity index (χ0v) is 35.4. The first-order valence-electron chi connectivity index (χ1n) is 22.8. The number of carbonyl (C=O) groups excluding carboxylic acids is 2. The summed E-state index contributed by atoms with van der Waals surface area (Å²) in [4.78, 5) is 30.6. The number of hydrogen-bond acceptors (Lipinski definition) is 9. The number of rotatable bonds is 3. The zero-order valence-electron chi connectivity index (χ0n) is 35.4. The van der Waals surface area contributed by atoms with E-state index in [1.165, 1.54) is 5.57 Å². The van der Waals surface area contributed by atoms with Crippen LogP contribution in [0.2, 0.25) is 0 Å². The number of ketones is 1. The number of H-pyrrole nitrogens is 1. The van der Waals surface area contributed by atoms with Crippen molar-refractivity contribution in [3.05, 3.63) is 47.3 Å². The van der Waals surface area contributed by atoms with Crippen LogP contribution in [0.5, 0.6) is 0 Å². The molecule has 0 spiro atoms. The van der Waals surface area contributed by atoms with E-state index in [4.69, 9.17) is 4.74 Å². The average Bonchev–Trinajstić information content (AvgIpc) is 3.91.